The van der Waals surface area contributed by atoms with Gasteiger partial charge in [0.25, 0.3) is 11.8 Å². The van der Waals surface area contributed by atoms with Crippen LogP contribution in [-0.2, 0) is 31.0 Å². The summed E-state index contributed by atoms with van der Waals surface area (Å²) in [7, 11) is 0. The lowest BCUT2D eigenvalue weighted by molar-refractivity contribution is -0.139. The first-order valence-electron chi connectivity index (χ1n) is 17.4. The molecule has 2 saturated heterocycles. The van der Waals surface area contributed by atoms with E-state index in [1.54, 1.807) is 36.6 Å². The van der Waals surface area contributed by atoms with Crippen molar-refractivity contribution in [3.8, 4) is 11.5 Å². The number of carbonyl (C=O) groups excluding carboxylic acids is 4. The molecule has 9 nitrogen and oxygen atoms in total. The van der Waals surface area contributed by atoms with E-state index in [4.69, 9.17) is 4.74 Å². The van der Waals surface area contributed by atoms with Crippen LogP contribution in [0.3, 0.4) is 0 Å². The number of fused-ring (bicyclic) bond motifs is 5. The summed E-state index contributed by atoms with van der Waals surface area (Å²) in [6.07, 6.45) is 4.61. The fraction of sp³-hybridized carbons (Fsp3) is 0.238. The normalized spacial score (nSPS) is 27.6. The maximum absolute atomic E-state index is 15.4. The molecule has 2 N–H and O–H groups in total. The number of phenols is 1. The minimum Gasteiger partial charge on any atom is -0.508 e. The zero-order chi connectivity index (χ0) is 35.9. The molecule has 0 bridgehead atoms. The van der Waals surface area contributed by atoms with Crippen molar-refractivity contribution in [2.24, 2.45) is 29.6 Å². The average molecular weight is 804 g/mol. The number of aryl methyl sites for hydroxylation is 1. The lowest BCUT2D eigenvalue weighted by Crippen LogP contribution is -2.55. The van der Waals surface area contributed by atoms with Crippen LogP contribution in [0.4, 0.5) is 11.4 Å². The number of phenolic OH excluding ortho intramolecular Hbond substituents is 1. The van der Waals surface area contributed by atoms with Crippen LogP contribution in [0, 0.1) is 40.1 Å². The summed E-state index contributed by atoms with van der Waals surface area (Å²) in [5.74, 6) is -3.96. The summed E-state index contributed by atoms with van der Waals surface area (Å²) in [5.41, 5.74) is 6.96. The van der Waals surface area contributed by atoms with E-state index in [0.717, 1.165) is 30.9 Å². The highest BCUT2D eigenvalue weighted by Crippen LogP contribution is 2.63. The largest absolute Gasteiger partial charge is 0.508 e. The first-order chi connectivity index (χ1) is 25.2. The second-order valence-corrected chi connectivity index (χ2v) is 15.6. The standard InChI is InChI=1S/C42H34IN3O6/c1-23-7-11-28(12-8-23)44-46-39(49)34-21-33-31(16-17-32-36(33)40(50)45(38(32)48)29-13-9-27(43)10-14-29)37(42(34,41(46)51)26-5-3-2-4-6-26)25-19-24-20-30(47)15-18-35(24)52-22-25/h2-16,18,20,22,32-34,36-37,44,47H,17,19,21H2,1H3/t32-,33+,34-,36-,37-,42+/m0/s1. The quantitative estimate of drug-likeness (QED) is 0.129. The van der Waals surface area contributed by atoms with Gasteiger partial charge in [0.15, 0.2) is 0 Å². The van der Waals surface area contributed by atoms with Crippen molar-refractivity contribution in [2.75, 3.05) is 10.3 Å². The maximum Gasteiger partial charge on any atom is 0.260 e. The van der Waals surface area contributed by atoms with Crippen LogP contribution < -0.4 is 15.1 Å². The average Bonchev–Trinajstić information content (AvgIpc) is 3.53. The highest BCUT2D eigenvalue weighted by atomic mass is 127. The minimum absolute atomic E-state index is 0.0897. The van der Waals surface area contributed by atoms with E-state index < -0.39 is 40.9 Å². The highest BCUT2D eigenvalue weighted by molar-refractivity contribution is 14.1. The number of imide groups is 2. The van der Waals surface area contributed by atoms with Gasteiger partial charge in [-0.05, 0) is 114 Å². The van der Waals surface area contributed by atoms with Gasteiger partial charge in [-0.3, -0.25) is 29.5 Å². The third-order valence-electron chi connectivity index (χ3n) is 11.6. The van der Waals surface area contributed by atoms with E-state index in [1.807, 2.05) is 79.7 Å². The van der Waals surface area contributed by atoms with Crippen LogP contribution >= 0.6 is 22.6 Å². The van der Waals surface area contributed by atoms with Crippen molar-refractivity contribution < 1.29 is 29.0 Å². The van der Waals surface area contributed by atoms with Gasteiger partial charge in [0, 0.05) is 21.5 Å². The molecule has 3 heterocycles. The van der Waals surface area contributed by atoms with Crippen molar-refractivity contribution >= 4 is 57.6 Å². The Balaban J connectivity index is 1.22. The van der Waals surface area contributed by atoms with Crippen molar-refractivity contribution in [1.29, 1.82) is 0 Å². The number of hydrogen-bond acceptors (Lipinski definition) is 7. The number of halogens is 1. The monoisotopic (exact) mass is 803 g/mol. The molecule has 4 aromatic carbocycles. The molecule has 0 aromatic heterocycles. The molecule has 3 fully saturated rings. The van der Waals surface area contributed by atoms with Crippen LogP contribution in [0.1, 0.15) is 29.5 Å². The second-order valence-electron chi connectivity index (χ2n) is 14.4. The summed E-state index contributed by atoms with van der Waals surface area (Å²) >= 11 is 2.19. The Morgan fingerprint density at radius 1 is 0.865 bits per heavy atom. The van der Waals surface area contributed by atoms with Gasteiger partial charge in [0.2, 0.25) is 11.8 Å². The topological polar surface area (TPSA) is 116 Å². The number of benzene rings is 4. The smallest absolute Gasteiger partial charge is 0.260 e. The van der Waals surface area contributed by atoms with E-state index in [0.29, 0.717) is 35.5 Å². The number of amides is 4. The fourth-order valence-electron chi connectivity index (χ4n) is 9.41. The zero-order valence-electron chi connectivity index (χ0n) is 28.2. The number of anilines is 2. The molecule has 260 valence electrons. The third-order valence-corrected chi connectivity index (χ3v) is 12.3. The lowest BCUT2D eigenvalue weighted by Gasteiger charge is -2.51. The molecule has 4 aromatic rings. The Morgan fingerprint density at radius 2 is 1.62 bits per heavy atom. The van der Waals surface area contributed by atoms with Crippen molar-refractivity contribution in [3.63, 3.8) is 0 Å². The Kier molecular flexibility index (Phi) is 7.65. The molecule has 5 aliphatic rings. The van der Waals surface area contributed by atoms with Crippen molar-refractivity contribution in [1.82, 2.24) is 5.01 Å². The fourth-order valence-corrected chi connectivity index (χ4v) is 9.77. The first-order valence-corrected chi connectivity index (χ1v) is 18.5. The summed E-state index contributed by atoms with van der Waals surface area (Å²) in [5, 5.41) is 11.6. The molecule has 0 radical (unpaired) electrons. The number of allylic oxidation sites excluding steroid dienone is 3. The van der Waals surface area contributed by atoms with Crippen LogP contribution in [-0.4, -0.2) is 33.7 Å². The van der Waals surface area contributed by atoms with Gasteiger partial charge in [-0.1, -0.05) is 59.7 Å². The van der Waals surface area contributed by atoms with Crippen LogP contribution in [0.2, 0.25) is 0 Å². The number of ether oxygens (including phenoxy) is 1. The minimum atomic E-state index is -1.39. The molecule has 9 rings (SSSR count). The highest BCUT2D eigenvalue weighted by Gasteiger charge is 2.70. The molecule has 0 unspecified atom stereocenters. The van der Waals surface area contributed by atoms with Crippen LogP contribution in [0.5, 0.6) is 11.5 Å². The number of nitrogens with one attached hydrogen (secondary N) is 1. The van der Waals surface area contributed by atoms with Gasteiger partial charge in [0.1, 0.15) is 11.5 Å². The molecule has 52 heavy (non-hydrogen) atoms. The second kappa shape index (κ2) is 12.2. The Labute approximate surface area is 314 Å². The number of hydrazine groups is 1. The Hall–Kier alpha value is -5.23. The van der Waals surface area contributed by atoms with Gasteiger partial charge in [-0.2, -0.15) is 5.01 Å². The molecule has 3 aliphatic heterocycles. The van der Waals surface area contributed by atoms with Gasteiger partial charge in [0.05, 0.1) is 40.8 Å². The number of nitrogens with zero attached hydrogens (tertiary/aromatic N) is 2. The predicted molar refractivity (Wildman–Crippen MR) is 202 cm³/mol. The number of hydrogen-bond donors (Lipinski definition) is 2. The summed E-state index contributed by atoms with van der Waals surface area (Å²) < 4.78 is 7.19. The molecule has 1 saturated carbocycles. The van der Waals surface area contributed by atoms with Gasteiger partial charge < -0.3 is 9.84 Å². The molecule has 6 atom stereocenters. The van der Waals surface area contributed by atoms with E-state index >= 15 is 4.79 Å². The Morgan fingerprint density at radius 3 is 2.37 bits per heavy atom. The van der Waals surface area contributed by atoms with Crippen molar-refractivity contribution in [2.45, 2.75) is 31.6 Å². The third kappa shape index (κ3) is 4.79. The number of rotatable bonds is 5. The predicted octanol–water partition coefficient (Wildman–Crippen LogP) is 6.85. The van der Waals surface area contributed by atoms with Gasteiger partial charge >= 0.3 is 0 Å². The zero-order valence-corrected chi connectivity index (χ0v) is 30.3. The van der Waals surface area contributed by atoms with E-state index in [-0.39, 0.29) is 29.9 Å². The molecule has 10 heteroatoms. The van der Waals surface area contributed by atoms with E-state index in [1.165, 1.54) is 4.90 Å². The van der Waals surface area contributed by atoms with Crippen LogP contribution in [0.25, 0.3) is 0 Å². The first kappa shape index (κ1) is 32.7. The number of aromatic hydroxyl groups is 1. The summed E-state index contributed by atoms with van der Waals surface area (Å²) in [6.45, 7) is 1.97. The van der Waals surface area contributed by atoms with Crippen LogP contribution in [0.15, 0.2) is 121 Å². The van der Waals surface area contributed by atoms with E-state index in [2.05, 4.69) is 28.0 Å². The molecule has 2 aliphatic carbocycles. The number of carbonyl (C=O) groups is 4. The maximum atomic E-state index is 15.4. The SMILES string of the molecule is Cc1ccc(NN2C(=O)[C@@H]3C[C@@H]4C(=CC[C@@H]5C(=O)N(c6ccc(I)cc6)C(=O)[C@@H]54)[C@H](C4=COc5ccc(O)cc5C4)[C@]3(c3ccccc3)C2=O)cc1. The summed E-state index contributed by atoms with van der Waals surface area (Å²) in [4.78, 5) is 60.1. The molecule has 0 spiro atoms. The van der Waals surface area contributed by atoms with Gasteiger partial charge in [-0.25, -0.2) is 0 Å². The summed E-state index contributed by atoms with van der Waals surface area (Å²) in [6, 6.07) is 29.2. The molecular weight excluding hydrogens is 769 g/mol. The molecular formula is C42H34IN3O6. The van der Waals surface area contributed by atoms with Crippen molar-refractivity contribution in [3.05, 3.63) is 141 Å². The molecule has 4 amide bonds. The van der Waals surface area contributed by atoms with Gasteiger partial charge in [-0.15, -0.1) is 0 Å². The lowest BCUT2D eigenvalue weighted by atomic mass is 9.48. The Bertz CT molecular complexity index is 2230. The van der Waals surface area contributed by atoms with E-state index in [9.17, 15) is 19.5 Å².